The average molecular weight is 250 g/mol. The van der Waals surface area contributed by atoms with Crippen LogP contribution in [0.15, 0.2) is 12.5 Å². The van der Waals surface area contributed by atoms with Crippen molar-refractivity contribution in [2.24, 2.45) is 5.73 Å². The summed E-state index contributed by atoms with van der Waals surface area (Å²) in [5, 5.41) is 0. The van der Waals surface area contributed by atoms with Crippen LogP contribution in [0.1, 0.15) is 44.8 Å². The van der Waals surface area contributed by atoms with E-state index in [0.717, 1.165) is 31.6 Å². The summed E-state index contributed by atoms with van der Waals surface area (Å²) >= 11 is 0. The molecule has 5 heteroatoms. The van der Waals surface area contributed by atoms with Gasteiger partial charge in [0.1, 0.15) is 0 Å². The molecule has 1 aliphatic heterocycles. The predicted octanol–water partition coefficient (Wildman–Crippen LogP) is 1.30. The van der Waals surface area contributed by atoms with Crippen molar-refractivity contribution in [1.82, 2.24) is 14.5 Å². The standard InChI is InChI=1S/C13H22N4O/c1-3-5-16-9-15-8-11(16)13-10(14)7-12(18)17(13)6-4-2/h8-10,13H,3-7,14H2,1-2H3. The van der Waals surface area contributed by atoms with Gasteiger partial charge in [-0.05, 0) is 12.8 Å². The van der Waals surface area contributed by atoms with E-state index in [1.807, 2.05) is 17.4 Å². The lowest BCUT2D eigenvalue weighted by Crippen LogP contribution is -2.35. The van der Waals surface area contributed by atoms with Gasteiger partial charge in [-0.15, -0.1) is 0 Å². The number of nitrogens with zero attached hydrogens (tertiary/aromatic N) is 3. The third-order valence-corrected chi connectivity index (χ3v) is 3.45. The van der Waals surface area contributed by atoms with Gasteiger partial charge in [-0.1, -0.05) is 13.8 Å². The summed E-state index contributed by atoms with van der Waals surface area (Å²) < 4.78 is 2.12. The molecule has 1 aliphatic rings. The van der Waals surface area contributed by atoms with Crippen molar-refractivity contribution in [3.63, 3.8) is 0 Å². The zero-order valence-corrected chi connectivity index (χ0v) is 11.2. The Kier molecular flexibility index (Phi) is 4.01. The molecule has 1 amide bonds. The van der Waals surface area contributed by atoms with E-state index in [-0.39, 0.29) is 18.0 Å². The molecule has 2 heterocycles. The Morgan fingerprint density at radius 3 is 2.78 bits per heavy atom. The SMILES string of the molecule is CCCN1C(=O)CC(N)C1c1cncn1CCC. The first-order chi connectivity index (χ1) is 8.69. The highest BCUT2D eigenvalue weighted by Gasteiger charge is 2.39. The summed E-state index contributed by atoms with van der Waals surface area (Å²) in [4.78, 5) is 18.1. The fourth-order valence-corrected chi connectivity index (χ4v) is 2.71. The Morgan fingerprint density at radius 2 is 2.11 bits per heavy atom. The fourth-order valence-electron chi connectivity index (χ4n) is 2.71. The Balaban J connectivity index is 2.28. The van der Waals surface area contributed by atoms with Gasteiger partial charge in [0.2, 0.25) is 5.91 Å². The fraction of sp³-hybridized carbons (Fsp3) is 0.692. The lowest BCUT2D eigenvalue weighted by Gasteiger charge is -2.27. The van der Waals surface area contributed by atoms with Crippen molar-refractivity contribution in [2.45, 2.75) is 51.7 Å². The van der Waals surface area contributed by atoms with E-state index in [9.17, 15) is 4.79 Å². The summed E-state index contributed by atoms with van der Waals surface area (Å²) in [5.41, 5.74) is 7.22. The molecule has 1 aromatic rings. The minimum absolute atomic E-state index is 0.00787. The Bertz CT molecular complexity index is 415. The van der Waals surface area contributed by atoms with Crippen molar-refractivity contribution >= 4 is 5.91 Å². The minimum atomic E-state index is -0.114. The van der Waals surface area contributed by atoms with E-state index in [4.69, 9.17) is 5.73 Å². The first-order valence-electron chi connectivity index (χ1n) is 6.74. The molecule has 2 unspecified atom stereocenters. The first kappa shape index (κ1) is 13.1. The van der Waals surface area contributed by atoms with Gasteiger partial charge < -0.3 is 15.2 Å². The topological polar surface area (TPSA) is 64.2 Å². The van der Waals surface area contributed by atoms with E-state index >= 15 is 0 Å². The molecule has 5 nitrogen and oxygen atoms in total. The molecule has 1 aromatic heterocycles. The number of aromatic nitrogens is 2. The van der Waals surface area contributed by atoms with Crippen LogP contribution in [-0.4, -0.2) is 32.9 Å². The van der Waals surface area contributed by atoms with Crippen LogP contribution >= 0.6 is 0 Å². The van der Waals surface area contributed by atoms with Crippen molar-refractivity contribution in [3.8, 4) is 0 Å². The van der Waals surface area contributed by atoms with Crippen molar-refractivity contribution in [2.75, 3.05) is 6.54 Å². The molecule has 18 heavy (non-hydrogen) atoms. The third kappa shape index (κ3) is 2.27. The van der Waals surface area contributed by atoms with Crippen LogP contribution in [0.4, 0.5) is 0 Å². The Hall–Kier alpha value is -1.36. The molecule has 0 radical (unpaired) electrons. The quantitative estimate of drug-likeness (QED) is 0.856. The summed E-state index contributed by atoms with van der Waals surface area (Å²) in [6.45, 7) is 5.91. The maximum Gasteiger partial charge on any atom is 0.224 e. The molecular weight excluding hydrogens is 228 g/mol. The summed E-state index contributed by atoms with van der Waals surface area (Å²) in [6, 6.07) is -0.122. The largest absolute Gasteiger partial charge is 0.333 e. The number of aryl methyl sites for hydroxylation is 1. The second-order valence-corrected chi connectivity index (χ2v) is 4.91. The molecule has 2 rings (SSSR count). The number of rotatable bonds is 5. The van der Waals surface area contributed by atoms with Crippen molar-refractivity contribution in [1.29, 1.82) is 0 Å². The monoisotopic (exact) mass is 250 g/mol. The van der Waals surface area contributed by atoms with Crippen molar-refractivity contribution in [3.05, 3.63) is 18.2 Å². The average Bonchev–Trinajstić information content (AvgIpc) is 2.86. The molecule has 1 fully saturated rings. The van der Waals surface area contributed by atoms with Crippen LogP contribution in [0.2, 0.25) is 0 Å². The van der Waals surface area contributed by atoms with Crippen molar-refractivity contribution < 1.29 is 4.79 Å². The molecule has 2 N–H and O–H groups in total. The molecule has 0 aromatic carbocycles. The molecule has 0 saturated carbocycles. The molecular formula is C13H22N4O. The second kappa shape index (κ2) is 5.52. The lowest BCUT2D eigenvalue weighted by molar-refractivity contribution is -0.129. The summed E-state index contributed by atoms with van der Waals surface area (Å²) in [5.74, 6) is 0.165. The van der Waals surface area contributed by atoms with E-state index in [2.05, 4.69) is 23.4 Å². The molecule has 100 valence electrons. The smallest absolute Gasteiger partial charge is 0.224 e. The van der Waals surface area contributed by atoms with Gasteiger partial charge in [-0.2, -0.15) is 0 Å². The van der Waals surface area contributed by atoms with E-state index in [0.29, 0.717) is 6.42 Å². The highest BCUT2D eigenvalue weighted by atomic mass is 16.2. The molecule has 2 atom stereocenters. The number of amides is 1. The number of hydrogen-bond donors (Lipinski definition) is 1. The van der Waals surface area contributed by atoms with Gasteiger partial charge in [0.05, 0.1) is 24.3 Å². The van der Waals surface area contributed by atoms with Crippen LogP contribution in [0.5, 0.6) is 0 Å². The predicted molar refractivity (Wildman–Crippen MR) is 69.9 cm³/mol. The van der Waals surface area contributed by atoms with Crippen LogP contribution < -0.4 is 5.73 Å². The van der Waals surface area contributed by atoms with Gasteiger partial charge >= 0.3 is 0 Å². The number of likely N-dealkylation sites (tertiary alicyclic amines) is 1. The Labute approximate surface area is 108 Å². The van der Waals surface area contributed by atoms with Crippen LogP contribution in [0, 0.1) is 0 Å². The number of carbonyl (C=O) groups is 1. The van der Waals surface area contributed by atoms with E-state index in [1.54, 1.807) is 0 Å². The second-order valence-electron chi connectivity index (χ2n) is 4.91. The van der Waals surface area contributed by atoms with Gasteiger partial charge in [0.15, 0.2) is 0 Å². The van der Waals surface area contributed by atoms with Gasteiger partial charge in [0.25, 0.3) is 0 Å². The lowest BCUT2D eigenvalue weighted by atomic mass is 10.1. The maximum absolute atomic E-state index is 12.0. The van der Waals surface area contributed by atoms with Gasteiger partial charge in [0, 0.05) is 25.6 Å². The summed E-state index contributed by atoms with van der Waals surface area (Å²) in [6.07, 6.45) is 6.13. The normalized spacial score (nSPS) is 23.9. The van der Waals surface area contributed by atoms with E-state index in [1.165, 1.54) is 0 Å². The van der Waals surface area contributed by atoms with Gasteiger partial charge in [-0.25, -0.2) is 4.98 Å². The summed E-state index contributed by atoms with van der Waals surface area (Å²) in [7, 11) is 0. The van der Waals surface area contributed by atoms with Crippen LogP contribution in [-0.2, 0) is 11.3 Å². The number of nitrogens with two attached hydrogens (primary N) is 1. The van der Waals surface area contributed by atoms with Crippen LogP contribution in [0.3, 0.4) is 0 Å². The number of imidazole rings is 1. The molecule has 0 bridgehead atoms. The van der Waals surface area contributed by atoms with Gasteiger partial charge in [-0.3, -0.25) is 4.79 Å². The first-order valence-corrected chi connectivity index (χ1v) is 6.74. The third-order valence-electron chi connectivity index (χ3n) is 3.45. The molecule has 0 spiro atoms. The van der Waals surface area contributed by atoms with Crippen LogP contribution in [0.25, 0.3) is 0 Å². The van der Waals surface area contributed by atoms with E-state index < -0.39 is 0 Å². The highest BCUT2D eigenvalue weighted by molar-refractivity contribution is 5.80. The zero-order valence-electron chi connectivity index (χ0n) is 11.2. The Morgan fingerprint density at radius 1 is 1.39 bits per heavy atom. The zero-order chi connectivity index (χ0) is 13.1. The molecule has 1 saturated heterocycles. The highest BCUT2D eigenvalue weighted by Crippen LogP contribution is 2.32. The number of hydrogen-bond acceptors (Lipinski definition) is 3. The number of carbonyl (C=O) groups excluding carboxylic acids is 1. The maximum atomic E-state index is 12.0. The molecule has 0 aliphatic carbocycles. The minimum Gasteiger partial charge on any atom is -0.333 e.